The van der Waals surface area contributed by atoms with Crippen LogP contribution in [0, 0.1) is 0 Å². The number of benzene rings is 1. The maximum atomic E-state index is 11.6. The van der Waals surface area contributed by atoms with Gasteiger partial charge in [-0.25, -0.2) is 4.79 Å². The van der Waals surface area contributed by atoms with E-state index >= 15 is 0 Å². The monoisotopic (exact) mass is 331 g/mol. The molecule has 24 heavy (non-hydrogen) atoms. The van der Waals surface area contributed by atoms with Crippen molar-refractivity contribution >= 4 is 12.2 Å². The molecule has 0 bridgehead atoms. The van der Waals surface area contributed by atoms with Crippen molar-refractivity contribution in [2.45, 2.75) is 45.3 Å². The molecule has 1 heterocycles. The average molecular weight is 331 g/mol. The summed E-state index contributed by atoms with van der Waals surface area (Å²) >= 11 is 0. The number of carbonyl (C=O) groups excluding carboxylic acids is 1. The topological polar surface area (TPSA) is 68.1 Å². The normalized spacial score (nSPS) is 17.5. The summed E-state index contributed by atoms with van der Waals surface area (Å²) in [6, 6.07) is 7.59. The molecule has 0 amide bonds. The van der Waals surface area contributed by atoms with Gasteiger partial charge in [-0.05, 0) is 36.6 Å². The quantitative estimate of drug-likeness (QED) is 0.528. The van der Waals surface area contributed by atoms with Gasteiger partial charge in [-0.1, -0.05) is 25.5 Å². The Morgan fingerprint density at radius 2 is 2.21 bits per heavy atom. The highest BCUT2D eigenvalue weighted by Gasteiger charge is 2.19. The van der Waals surface area contributed by atoms with E-state index in [1.54, 1.807) is 6.92 Å². The van der Waals surface area contributed by atoms with Crippen molar-refractivity contribution in [3.05, 3.63) is 41.5 Å². The first-order valence-corrected chi connectivity index (χ1v) is 8.42. The van der Waals surface area contributed by atoms with Crippen molar-refractivity contribution in [2.24, 2.45) is 4.99 Å². The van der Waals surface area contributed by atoms with E-state index in [9.17, 15) is 9.90 Å². The van der Waals surface area contributed by atoms with Crippen LogP contribution in [0.2, 0.25) is 0 Å². The summed E-state index contributed by atoms with van der Waals surface area (Å²) in [5.74, 6) is 0.340. The van der Waals surface area contributed by atoms with Crippen LogP contribution >= 0.6 is 0 Å². The minimum atomic E-state index is -0.550. The standard InChI is InChI=1S/C19H25NO4/c1-3-6-14(9-19(22)23-4-2)13-24-17-8-5-7-15(10-17)18(21)11-16-12-20-16/h5,7-10,12,16,18,21H,3-4,6,11,13H2,1-2H3/b14-9+. The first-order chi connectivity index (χ1) is 11.6. The SMILES string of the molecule is CCC/C(=C\C(=O)OCC)COc1cccc(C(O)CC2C=N2)c1. The number of rotatable bonds is 10. The van der Waals surface area contributed by atoms with E-state index in [1.165, 1.54) is 6.08 Å². The molecule has 1 N–H and O–H groups in total. The second-order valence-electron chi connectivity index (χ2n) is 5.78. The fraction of sp³-hybridized carbons (Fsp3) is 0.474. The third-order valence-electron chi connectivity index (χ3n) is 3.67. The van der Waals surface area contributed by atoms with E-state index in [1.807, 2.05) is 30.5 Å². The van der Waals surface area contributed by atoms with Crippen LogP contribution in [0.4, 0.5) is 0 Å². The lowest BCUT2D eigenvalue weighted by Crippen LogP contribution is -2.07. The molecule has 5 nitrogen and oxygen atoms in total. The lowest BCUT2D eigenvalue weighted by molar-refractivity contribution is -0.137. The first kappa shape index (κ1) is 18.2. The summed E-state index contributed by atoms with van der Waals surface area (Å²) in [5.41, 5.74) is 1.71. The first-order valence-electron chi connectivity index (χ1n) is 8.42. The third kappa shape index (κ3) is 6.16. The van der Waals surface area contributed by atoms with Crippen molar-refractivity contribution in [3.8, 4) is 5.75 Å². The fourth-order valence-corrected chi connectivity index (χ4v) is 2.39. The van der Waals surface area contributed by atoms with Gasteiger partial charge in [-0.15, -0.1) is 0 Å². The van der Waals surface area contributed by atoms with E-state index in [2.05, 4.69) is 11.9 Å². The van der Waals surface area contributed by atoms with Gasteiger partial charge in [0, 0.05) is 18.7 Å². The van der Waals surface area contributed by atoms with Gasteiger partial charge in [0.25, 0.3) is 0 Å². The maximum Gasteiger partial charge on any atom is 0.330 e. The summed E-state index contributed by atoms with van der Waals surface area (Å²) in [4.78, 5) is 15.6. The van der Waals surface area contributed by atoms with Crippen molar-refractivity contribution in [1.82, 2.24) is 0 Å². The Balaban J connectivity index is 1.94. The molecule has 0 saturated carbocycles. The Morgan fingerprint density at radius 3 is 2.88 bits per heavy atom. The minimum Gasteiger partial charge on any atom is -0.489 e. The molecule has 0 saturated heterocycles. The van der Waals surface area contributed by atoms with E-state index in [0.717, 1.165) is 24.0 Å². The van der Waals surface area contributed by atoms with E-state index in [-0.39, 0.29) is 12.0 Å². The van der Waals surface area contributed by atoms with Crippen LogP contribution in [0.3, 0.4) is 0 Å². The van der Waals surface area contributed by atoms with Crippen molar-refractivity contribution in [2.75, 3.05) is 13.2 Å². The Morgan fingerprint density at radius 1 is 1.42 bits per heavy atom. The molecule has 130 valence electrons. The Labute approximate surface area is 143 Å². The van der Waals surface area contributed by atoms with E-state index in [0.29, 0.717) is 25.4 Å². The van der Waals surface area contributed by atoms with Gasteiger partial charge in [0.1, 0.15) is 12.4 Å². The fourth-order valence-electron chi connectivity index (χ4n) is 2.39. The molecule has 2 rings (SSSR count). The molecule has 1 aliphatic rings. The van der Waals surface area contributed by atoms with E-state index < -0.39 is 6.10 Å². The number of ether oxygens (including phenoxy) is 2. The van der Waals surface area contributed by atoms with Gasteiger partial charge in [0.05, 0.1) is 18.8 Å². The Hall–Kier alpha value is -2.14. The van der Waals surface area contributed by atoms with Gasteiger partial charge in [-0.3, -0.25) is 4.99 Å². The molecule has 0 radical (unpaired) electrons. The zero-order valence-electron chi connectivity index (χ0n) is 14.3. The summed E-state index contributed by atoms with van der Waals surface area (Å²) in [5, 5.41) is 10.2. The predicted molar refractivity (Wildman–Crippen MR) is 93.4 cm³/mol. The summed E-state index contributed by atoms with van der Waals surface area (Å²) < 4.78 is 10.7. The number of hydrogen-bond donors (Lipinski definition) is 1. The minimum absolute atomic E-state index is 0.174. The third-order valence-corrected chi connectivity index (χ3v) is 3.67. The van der Waals surface area contributed by atoms with Crippen molar-refractivity contribution in [3.63, 3.8) is 0 Å². The van der Waals surface area contributed by atoms with Crippen LogP contribution in [-0.4, -0.2) is 36.5 Å². The summed E-state index contributed by atoms with van der Waals surface area (Å²) in [6.45, 7) is 4.53. The second-order valence-corrected chi connectivity index (χ2v) is 5.78. The van der Waals surface area contributed by atoms with Gasteiger partial charge in [-0.2, -0.15) is 0 Å². The van der Waals surface area contributed by atoms with Gasteiger partial charge in [0.2, 0.25) is 0 Å². The van der Waals surface area contributed by atoms with Crippen LogP contribution in [0.1, 0.15) is 44.8 Å². The molecule has 1 aromatic rings. The molecular weight excluding hydrogens is 306 g/mol. The Kier molecular flexibility index (Phi) is 7.00. The van der Waals surface area contributed by atoms with Crippen LogP contribution in [-0.2, 0) is 9.53 Å². The lowest BCUT2D eigenvalue weighted by atomic mass is 10.0. The summed E-state index contributed by atoms with van der Waals surface area (Å²) in [6.07, 6.45) is 5.10. The number of esters is 1. The van der Waals surface area contributed by atoms with E-state index in [4.69, 9.17) is 9.47 Å². The molecule has 1 aromatic carbocycles. The molecule has 0 spiro atoms. The van der Waals surface area contributed by atoms with Gasteiger partial charge < -0.3 is 14.6 Å². The largest absolute Gasteiger partial charge is 0.489 e. The number of aliphatic hydroxyl groups excluding tert-OH is 1. The summed E-state index contributed by atoms with van der Waals surface area (Å²) in [7, 11) is 0. The number of carbonyl (C=O) groups is 1. The molecule has 1 aliphatic heterocycles. The maximum absolute atomic E-state index is 11.6. The smallest absolute Gasteiger partial charge is 0.330 e. The van der Waals surface area contributed by atoms with Gasteiger partial charge >= 0.3 is 5.97 Å². The van der Waals surface area contributed by atoms with Crippen LogP contribution in [0.15, 0.2) is 40.9 Å². The molecule has 2 atom stereocenters. The zero-order valence-corrected chi connectivity index (χ0v) is 14.3. The number of nitrogens with zero attached hydrogens (tertiary/aromatic N) is 1. The number of aliphatic hydroxyl groups is 1. The highest BCUT2D eigenvalue weighted by atomic mass is 16.5. The number of hydrogen-bond acceptors (Lipinski definition) is 5. The molecule has 2 unspecified atom stereocenters. The van der Waals surface area contributed by atoms with Crippen LogP contribution in [0.25, 0.3) is 0 Å². The van der Waals surface area contributed by atoms with Crippen molar-refractivity contribution < 1.29 is 19.4 Å². The lowest BCUT2D eigenvalue weighted by Gasteiger charge is -2.13. The number of aliphatic imine (C=N–C) groups is 1. The van der Waals surface area contributed by atoms with Crippen LogP contribution < -0.4 is 4.74 Å². The average Bonchev–Trinajstić information content (AvgIpc) is 3.37. The molecule has 0 aromatic heterocycles. The molecule has 5 heteroatoms. The zero-order chi connectivity index (χ0) is 17.4. The molecular formula is C19H25NO4. The van der Waals surface area contributed by atoms with Crippen LogP contribution in [0.5, 0.6) is 5.75 Å². The van der Waals surface area contributed by atoms with Gasteiger partial charge in [0.15, 0.2) is 0 Å². The molecule has 0 aliphatic carbocycles. The Bertz CT molecular complexity index is 603. The second kappa shape index (κ2) is 9.23. The highest BCUT2D eigenvalue weighted by Crippen LogP contribution is 2.25. The van der Waals surface area contributed by atoms with Crippen molar-refractivity contribution in [1.29, 1.82) is 0 Å². The predicted octanol–water partition coefficient (Wildman–Crippen LogP) is 3.23. The highest BCUT2D eigenvalue weighted by molar-refractivity contribution is 5.82. The molecule has 0 fully saturated rings.